The van der Waals surface area contributed by atoms with E-state index in [0.29, 0.717) is 11.8 Å². The van der Waals surface area contributed by atoms with E-state index >= 15 is 0 Å². The molecule has 0 radical (unpaired) electrons. The van der Waals surface area contributed by atoms with Gasteiger partial charge in [-0.05, 0) is 25.3 Å². The summed E-state index contributed by atoms with van der Waals surface area (Å²) < 4.78 is 0. The van der Waals surface area contributed by atoms with E-state index < -0.39 is 0 Å². The van der Waals surface area contributed by atoms with Crippen molar-refractivity contribution in [1.29, 1.82) is 0 Å². The van der Waals surface area contributed by atoms with E-state index in [1.807, 2.05) is 6.92 Å². The largest absolute Gasteiger partial charge is 0.348 e. The Morgan fingerprint density at radius 1 is 1.46 bits per heavy atom. The highest BCUT2D eigenvalue weighted by Gasteiger charge is 2.42. The molecule has 13 heavy (non-hydrogen) atoms. The van der Waals surface area contributed by atoms with Gasteiger partial charge < -0.3 is 5.32 Å². The summed E-state index contributed by atoms with van der Waals surface area (Å²) in [5.74, 6) is 1.31. The van der Waals surface area contributed by atoms with Crippen molar-refractivity contribution in [2.75, 3.05) is 11.2 Å². The molecular formula is C9H12ClN3. The van der Waals surface area contributed by atoms with Gasteiger partial charge in [0.15, 0.2) is 0 Å². The number of anilines is 1. The third kappa shape index (κ3) is 1.91. The summed E-state index contributed by atoms with van der Waals surface area (Å²) in [5.41, 5.74) is 1.15. The zero-order chi connectivity index (χ0) is 9.31. The second-order valence-electron chi connectivity index (χ2n) is 3.62. The first-order valence-electron chi connectivity index (χ1n) is 4.37. The number of hydrogen-bond donors (Lipinski definition) is 1. The molecule has 1 heterocycles. The predicted molar refractivity (Wildman–Crippen MR) is 53.1 cm³/mol. The van der Waals surface area contributed by atoms with Crippen LogP contribution in [-0.2, 0) is 0 Å². The van der Waals surface area contributed by atoms with Gasteiger partial charge >= 0.3 is 0 Å². The molecule has 1 aromatic heterocycles. The number of alkyl halides is 1. The molecule has 1 aliphatic carbocycles. The highest BCUT2D eigenvalue weighted by atomic mass is 35.5. The Balaban J connectivity index is 2.06. The maximum Gasteiger partial charge on any atom is 0.223 e. The van der Waals surface area contributed by atoms with Gasteiger partial charge in [-0.15, -0.1) is 11.6 Å². The van der Waals surface area contributed by atoms with Gasteiger partial charge in [-0.3, -0.25) is 0 Å². The quantitative estimate of drug-likeness (QED) is 0.753. The molecule has 1 fully saturated rings. The maximum atomic E-state index is 5.82. The van der Waals surface area contributed by atoms with Crippen LogP contribution < -0.4 is 5.32 Å². The smallest absolute Gasteiger partial charge is 0.223 e. The zero-order valence-corrected chi connectivity index (χ0v) is 8.30. The maximum absolute atomic E-state index is 5.82. The van der Waals surface area contributed by atoms with E-state index in [-0.39, 0.29) is 5.54 Å². The van der Waals surface area contributed by atoms with E-state index in [4.69, 9.17) is 11.6 Å². The molecule has 4 heteroatoms. The summed E-state index contributed by atoms with van der Waals surface area (Å²) in [6.07, 6.45) is 5.85. The molecule has 3 nitrogen and oxygen atoms in total. The lowest BCUT2D eigenvalue weighted by atomic mass is 10.3. The van der Waals surface area contributed by atoms with Crippen molar-refractivity contribution >= 4 is 17.5 Å². The van der Waals surface area contributed by atoms with Crippen LogP contribution >= 0.6 is 11.6 Å². The Morgan fingerprint density at radius 2 is 2.08 bits per heavy atom. The number of nitrogens with one attached hydrogen (secondary N) is 1. The SMILES string of the molecule is Cc1cnc(NC2(CCl)CC2)nc1. The molecule has 0 aromatic carbocycles. The van der Waals surface area contributed by atoms with Crippen LogP contribution in [0.15, 0.2) is 12.4 Å². The second-order valence-corrected chi connectivity index (χ2v) is 3.89. The first-order valence-corrected chi connectivity index (χ1v) is 4.90. The number of nitrogens with zero attached hydrogens (tertiary/aromatic N) is 2. The predicted octanol–water partition coefficient (Wildman–Crippen LogP) is 1.97. The van der Waals surface area contributed by atoms with Crippen molar-refractivity contribution in [2.24, 2.45) is 0 Å². The summed E-state index contributed by atoms with van der Waals surface area (Å²) in [5, 5.41) is 3.25. The van der Waals surface area contributed by atoms with Gasteiger partial charge in [0, 0.05) is 18.3 Å². The molecule has 0 bridgehead atoms. The fourth-order valence-electron chi connectivity index (χ4n) is 1.14. The Bertz CT molecular complexity index is 292. The van der Waals surface area contributed by atoms with E-state index in [1.165, 1.54) is 0 Å². The average Bonchev–Trinajstić information content (AvgIpc) is 2.90. The van der Waals surface area contributed by atoms with E-state index in [9.17, 15) is 0 Å². The topological polar surface area (TPSA) is 37.8 Å². The van der Waals surface area contributed by atoms with Gasteiger partial charge in [0.1, 0.15) is 0 Å². The summed E-state index contributed by atoms with van der Waals surface area (Å²) in [6, 6.07) is 0. The molecule has 0 aliphatic heterocycles. The van der Waals surface area contributed by atoms with E-state index in [0.717, 1.165) is 18.4 Å². The third-order valence-corrected chi connectivity index (χ3v) is 2.78. The Labute approximate surface area is 82.5 Å². The summed E-state index contributed by atoms with van der Waals surface area (Å²) >= 11 is 5.82. The summed E-state index contributed by atoms with van der Waals surface area (Å²) in [7, 11) is 0. The van der Waals surface area contributed by atoms with Gasteiger partial charge in [-0.25, -0.2) is 9.97 Å². The van der Waals surface area contributed by atoms with Crippen LogP contribution in [0.5, 0.6) is 0 Å². The normalized spacial score (nSPS) is 18.3. The highest BCUT2D eigenvalue weighted by Crippen LogP contribution is 2.38. The molecule has 1 aliphatic rings. The standard InChI is InChI=1S/C9H12ClN3/c1-7-4-11-8(12-5-7)13-9(6-10)2-3-9/h4-5H,2-3,6H2,1H3,(H,11,12,13). The van der Waals surface area contributed by atoms with Crippen molar-refractivity contribution in [3.63, 3.8) is 0 Å². The van der Waals surface area contributed by atoms with Crippen LogP contribution in [0.4, 0.5) is 5.95 Å². The summed E-state index contributed by atoms with van der Waals surface area (Å²) in [6.45, 7) is 1.97. The molecular weight excluding hydrogens is 186 g/mol. The van der Waals surface area contributed by atoms with Crippen LogP contribution in [0.1, 0.15) is 18.4 Å². The molecule has 0 unspecified atom stereocenters. The number of rotatable bonds is 3. The van der Waals surface area contributed by atoms with Crippen molar-refractivity contribution in [1.82, 2.24) is 9.97 Å². The highest BCUT2D eigenvalue weighted by molar-refractivity contribution is 6.19. The first kappa shape index (κ1) is 8.75. The molecule has 2 rings (SSSR count). The van der Waals surface area contributed by atoms with Crippen LogP contribution in [0, 0.1) is 6.92 Å². The lowest BCUT2D eigenvalue weighted by molar-refractivity contribution is 0.816. The minimum absolute atomic E-state index is 0.0802. The van der Waals surface area contributed by atoms with Crippen LogP contribution in [0.3, 0.4) is 0 Å². The Kier molecular flexibility index (Phi) is 2.12. The van der Waals surface area contributed by atoms with Crippen LogP contribution in [0.25, 0.3) is 0 Å². The molecule has 0 saturated heterocycles. The number of halogens is 1. The van der Waals surface area contributed by atoms with Crippen molar-refractivity contribution in [3.8, 4) is 0 Å². The first-order chi connectivity index (χ1) is 6.24. The second kappa shape index (κ2) is 3.14. The number of aryl methyl sites for hydroxylation is 1. The van der Waals surface area contributed by atoms with Gasteiger partial charge in [-0.2, -0.15) is 0 Å². The Morgan fingerprint density at radius 3 is 2.54 bits per heavy atom. The van der Waals surface area contributed by atoms with Gasteiger partial charge in [0.2, 0.25) is 5.95 Å². The minimum atomic E-state index is 0.0802. The molecule has 70 valence electrons. The lowest BCUT2D eigenvalue weighted by Gasteiger charge is -2.13. The van der Waals surface area contributed by atoms with Gasteiger partial charge in [0.05, 0.1) is 5.54 Å². The molecule has 0 atom stereocenters. The fraction of sp³-hybridized carbons (Fsp3) is 0.556. The fourth-order valence-corrected chi connectivity index (χ4v) is 1.47. The monoisotopic (exact) mass is 197 g/mol. The Hall–Kier alpha value is -0.830. The molecule has 0 spiro atoms. The third-order valence-electron chi connectivity index (χ3n) is 2.27. The van der Waals surface area contributed by atoms with E-state index in [1.54, 1.807) is 12.4 Å². The van der Waals surface area contributed by atoms with Crippen molar-refractivity contribution < 1.29 is 0 Å². The average molecular weight is 198 g/mol. The lowest BCUT2D eigenvalue weighted by Crippen LogP contribution is -2.24. The number of aromatic nitrogens is 2. The van der Waals surface area contributed by atoms with Crippen molar-refractivity contribution in [3.05, 3.63) is 18.0 Å². The summed E-state index contributed by atoms with van der Waals surface area (Å²) in [4.78, 5) is 8.34. The van der Waals surface area contributed by atoms with Gasteiger partial charge in [0.25, 0.3) is 0 Å². The number of hydrogen-bond acceptors (Lipinski definition) is 3. The minimum Gasteiger partial charge on any atom is -0.348 e. The van der Waals surface area contributed by atoms with Crippen molar-refractivity contribution in [2.45, 2.75) is 25.3 Å². The molecule has 1 aromatic rings. The van der Waals surface area contributed by atoms with E-state index in [2.05, 4.69) is 15.3 Å². The molecule has 1 saturated carbocycles. The van der Waals surface area contributed by atoms with Crippen LogP contribution in [-0.4, -0.2) is 21.4 Å². The molecule has 1 N–H and O–H groups in total. The van der Waals surface area contributed by atoms with Gasteiger partial charge in [-0.1, -0.05) is 0 Å². The van der Waals surface area contributed by atoms with Crippen LogP contribution in [0.2, 0.25) is 0 Å². The molecule has 0 amide bonds. The zero-order valence-electron chi connectivity index (χ0n) is 7.55.